The minimum Gasteiger partial charge on any atom is -0.354 e. The Bertz CT molecular complexity index is 455. The monoisotopic (exact) mass is 232 g/mol. The summed E-state index contributed by atoms with van der Waals surface area (Å²) in [6, 6.07) is -0.180. The van der Waals surface area contributed by atoms with Crippen molar-refractivity contribution in [2.45, 2.75) is 32.4 Å². The van der Waals surface area contributed by atoms with Crippen molar-refractivity contribution in [3.63, 3.8) is 0 Å². The fourth-order valence-corrected chi connectivity index (χ4v) is 1.85. The first-order valence-corrected chi connectivity index (χ1v) is 5.73. The van der Waals surface area contributed by atoms with Gasteiger partial charge in [-0.2, -0.15) is 0 Å². The highest BCUT2D eigenvalue weighted by Gasteiger charge is 2.25. The van der Waals surface area contributed by atoms with Crippen LogP contribution in [0.3, 0.4) is 0 Å². The molecule has 0 fully saturated rings. The predicted molar refractivity (Wildman–Crippen MR) is 64.0 cm³/mol. The van der Waals surface area contributed by atoms with Gasteiger partial charge in [0.15, 0.2) is 0 Å². The molecule has 0 radical (unpaired) electrons. The van der Waals surface area contributed by atoms with Crippen LogP contribution in [-0.2, 0) is 17.8 Å². The van der Waals surface area contributed by atoms with Crippen molar-refractivity contribution in [2.24, 2.45) is 0 Å². The van der Waals surface area contributed by atoms with E-state index >= 15 is 0 Å². The predicted octanol–water partition coefficient (Wildman–Crippen LogP) is -0.0464. The first-order valence-electron chi connectivity index (χ1n) is 5.73. The number of rotatable bonds is 3. The van der Waals surface area contributed by atoms with E-state index in [9.17, 15) is 4.79 Å². The zero-order valence-corrected chi connectivity index (χ0v) is 9.84. The Kier molecular flexibility index (Phi) is 3.78. The third-order valence-corrected chi connectivity index (χ3v) is 2.77. The van der Waals surface area contributed by atoms with Gasteiger partial charge >= 0.3 is 0 Å². The van der Waals surface area contributed by atoms with E-state index < -0.39 is 0 Å². The lowest BCUT2D eigenvalue weighted by atomic mass is 10.0. The molecule has 5 nitrogen and oxygen atoms in total. The summed E-state index contributed by atoms with van der Waals surface area (Å²) in [6.45, 7) is 3.07. The van der Waals surface area contributed by atoms with Gasteiger partial charge in [0.1, 0.15) is 0 Å². The quantitative estimate of drug-likeness (QED) is 0.505. The minimum absolute atomic E-state index is 0.0246. The number of carbonyl (C=O) groups is 1. The van der Waals surface area contributed by atoms with Gasteiger partial charge in [0.05, 0.1) is 23.8 Å². The van der Waals surface area contributed by atoms with Crippen molar-refractivity contribution in [2.75, 3.05) is 6.54 Å². The van der Waals surface area contributed by atoms with Gasteiger partial charge in [-0.15, -0.1) is 11.8 Å². The summed E-state index contributed by atoms with van der Waals surface area (Å²) in [6.07, 6.45) is 3.01. The lowest BCUT2D eigenvalue weighted by Gasteiger charge is -2.22. The van der Waals surface area contributed by atoms with Crippen LogP contribution in [-0.4, -0.2) is 28.5 Å². The lowest BCUT2D eigenvalue weighted by molar-refractivity contribution is -0.123. The van der Waals surface area contributed by atoms with E-state index in [4.69, 9.17) is 0 Å². The molecule has 90 valence electrons. The zero-order chi connectivity index (χ0) is 12.1. The van der Waals surface area contributed by atoms with Crippen LogP contribution in [0.15, 0.2) is 6.33 Å². The second kappa shape index (κ2) is 5.51. The Morgan fingerprint density at radius 1 is 1.71 bits per heavy atom. The maximum absolute atomic E-state index is 11.8. The van der Waals surface area contributed by atoms with E-state index in [1.807, 2.05) is 0 Å². The molecule has 0 aromatic carbocycles. The SMILES string of the molecule is CC#CCCNC(=O)C1Cc2nc[nH]c2CN1. The van der Waals surface area contributed by atoms with Crippen molar-refractivity contribution in [3.05, 3.63) is 17.7 Å². The molecule has 5 heteroatoms. The van der Waals surface area contributed by atoms with Gasteiger partial charge in [-0.25, -0.2) is 4.98 Å². The summed E-state index contributed by atoms with van der Waals surface area (Å²) in [4.78, 5) is 19.1. The molecule has 1 amide bonds. The topological polar surface area (TPSA) is 69.8 Å². The number of imidazole rings is 1. The van der Waals surface area contributed by atoms with Crippen LogP contribution in [0.4, 0.5) is 0 Å². The van der Waals surface area contributed by atoms with Crippen molar-refractivity contribution in [3.8, 4) is 11.8 Å². The molecule has 1 unspecified atom stereocenters. The number of amides is 1. The van der Waals surface area contributed by atoms with Crippen LogP contribution in [0, 0.1) is 11.8 Å². The third kappa shape index (κ3) is 2.86. The van der Waals surface area contributed by atoms with Crippen LogP contribution in [0.2, 0.25) is 0 Å². The number of hydrogen-bond acceptors (Lipinski definition) is 3. The van der Waals surface area contributed by atoms with E-state index in [1.54, 1.807) is 13.3 Å². The molecule has 1 aromatic heterocycles. The van der Waals surface area contributed by atoms with Crippen LogP contribution in [0.5, 0.6) is 0 Å². The molecule has 0 bridgehead atoms. The first kappa shape index (κ1) is 11.7. The molecule has 2 rings (SSSR count). The standard InChI is InChI=1S/C12H16N4O/c1-2-3-4-5-13-12(17)10-6-9-11(7-14-10)16-8-15-9/h8,10,14H,4-7H2,1H3,(H,13,17)(H,15,16). The number of hydrogen-bond donors (Lipinski definition) is 3. The Balaban J connectivity index is 1.83. The first-order chi connectivity index (χ1) is 8.31. The van der Waals surface area contributed by atoms with Crippen LogP contribution in [0.1, 0.15) is 24.7 Å². The van der Waals surface area contributed by atoms with E-state index in [0.717, 1.165) is 11.4 Å². The average Bonchev–Trinajstić information content (AvgIpc) is 2.81. The van der Waals surface area contributed by atoms with E-state index in [1.165, 1.54) is 0 Å². The highest BCUT2D eigenvalue weighted by molar-refractivity contribution is 5.82. The molecule has 0 saturated heterocycles. The molecule has 1 aromatic rings. The fourth-order valence-electron chi connectivity index (χ4n) is 1.85. The molecular formula is C12H16N4O. The van der Waals surface area contributed by atoms with Gasteiger partial charge in [0.25, 0.3) is 0 Å². The molecule has 0 aliphatic carbocycles. The van der Waals surface area contributed by atoms with Crippen molar-refractivity contribution >= 4 is 5.91 Å². The summed E-state index contributed by atoms with van der Waals surface area (Å²) in [5.41, 5.74) is 2.06. The molecular weight excluding hydrogens is 216 g/mol. The molecule has 0 saturated carbocycles. The lowest BCUT2D eigenvalue weighted by Crippen LogP contribution is -2.47. The van der Waals surface area contributed by atoms with Crippen LogP contribution >= 0.6 is 0 Å². The van der Waals surface area contributed by atoms with E-state index in [-0.39, 0.29) is 11.9 Å². The highest BCUT2D eigenvalue weighted by atomic mass is 16.2. The number of nitrogens with one attached hydrogen (secondary N) is 3. The van der Waals surface area contributed by atoms with Gasteiger partial charge in [0.2, 0.25) is 5.91 Å². The van der Waals surface area contributed by atoms with Crippen molar-refractivity contribution in [1.82, 2.24) is 20.6 Å². The second-order valence-corrected chi connectivity index (χ2v) is 3.93. The number of fused-ring (bicyclic) bond motifs is 1. The number of aromatic nitrogens is 2. The second-order valence-electron chi connectivity index (χ2n) is 3.93. The molecule has 1 aliphatic heterocycles. The van der Waals surface area contributed by atoms with Gasteiger partial charge in [-0.3, -0.25) is 10.1 Å². The summed E-state index contributed by atoms with van der Waals surface area (Å²) >= 11 is 0. The van der Waals surface area contributed by atoms with Crippen LogP contribution in [0.25, 0.3) is 0 Å². The molecule has 3 N–H and O–H groups in total. The Labute approximate surface area is 100 Å². The van der Waals surface area contributed by atoms with Gasteiger partial charge < -0.3 is 10.3 Å². The third-order valence-electron chi connectivity index (χ3n) is 2.77. The average molecular weight is 232 g/mol. The van der Waals surface area contributed by atoms with Gasteiger partial charge in [-0.05, 0) is 6.92 Å². The number of nitrogens with zero attached hydrogens (tertiary/aromatic N) is 1. The Morgan fingerprint density at radius 3 is 3.41 bits per heavy atom. The number of H-pyrrole nitrogens is 1. The number of carbonyl (C=O) groups excluding carboxylic acids is 1. The summed E-state index contributed by atoms with van der Waals surface area (Å²) in [5, 5.41) is 6.05. The fraction of sp³-hybridized carbons (Fsp3) is 0.500. The highest BCUT2D eigenvalue weighted by Crippen LogP contribution is 2.11. The van der Waals surface area contributed by atoms with E-state index in [2.05, 4.69) is 32.4 Å². The molecule has 1 atom stereocenters. The van der Waals surface area contributed by atoms with Crippen LogP contribution < -0.4 is 10.6 Å². The molecule has 2 heterocycles. The summed E-state index contributed by atoms with van der Waals surface area (Å²) < 4.78 is 0. The summed E-state index contributed by atoms with van der Waals surface area (Å²) in [5.74, 6) is 5.74. The molecule has 0 spiro atoms. The molecule has 17 heavy (non-hydrogen) atoms. The Morgan fingerprint density at radius 2 is 2.59 bits per heavy atom. The van der Waals surface area contributed by atoms with Gasteiger partial charge in [0, 0.05) is 25.9 Å². The maximum atomic E-state index is 11.8. The maximum Gasteiger partial charge on any atom is 0.237 e. The largest absolute Gasteiger partial charge is 0.354 e. The normalized spacial score (nSPS) is 17.8. The van der Waals surface area contributed by atoms with E-state index in [0.29, 0.717) is 25.9 Å². The minimum atomic E-state index is -0.180. The number of aromatic amines is 1. The van der Waals surface area contributed by atoms with Crippen molar-refractivity contribution in [1.29, 1.82) is 0 Å². The Hall–Kier alpha value is -1.80. The summed E-state index contributed by atoms with van der Waals surface area (Å²) in [7, 11) is 0. The van der Waals surface area contributed by atoms with Gasteiger partial charge in [-0.1, -0.05) is 0 Å². The van der Waals surface area contributed by atoms with Crippen molar-refractivity contribution < 1.29 is 4.79 Å². The smallest absolute Gasteiger partial charge is 0.237 e. The molecule has 1 aliphatic rings. The zero-order valence-electron chi connectivity index (χ0n) is 9.84.